The standard InChI is InChI=1S/C17H21N3O3/c1-2-12-13-5-3-4-6-14(13)19-15(12)16(21)20-8-7-18-9-11(10-20)17(22)23/h3-6,11,18-19H,2,7-10H2,1H3,(H,22,23). The van der Waals surface area contributed by atoms with E-state index in [0.29, 0.717) is 25.3 Å². The minimum Gasteiger partial charge on any atom is -0.481 e. The Morgan fingerprint density at radius 3 is 2.87 bits per heavy atom. The molecule has 1 aliphatic heterocycles. The number of nitrogens with zero attached hydrogens (tertiary/aromatic N) is 1. The Kier molecular flexibility index (Phi) is 4.34. The Morgan fingerprint density at radius 2 is 2.13 bits per heavy atom. The number of carboxylic acid groups (broad SMARTS) is 1. The molecule has 0 aliphatic carbocycles. The van der Waals surface area contributed by atoms with E-state index in [9.17, 15) is 14.7 Å². The molecule has 1 unspecified atom stereocenters. The van der Waals surface area contributed by atoms with Crippen molar-refractivity contribution in [2.24, 2.45) is 5.92 Å². The van der Waals surface area contributed by atoms with Crippen molar-refractivity contribution in [3.05, 3.63) is 35.5 Å². The molecule has 1 aromatic carbocycles. The number of aromatic amines is 1. The van der Waals surface area contributed by atoms with Crippen LogP contribution < -0.4 is 5.32 Å². The topological polar surface area (TPSA) is 85.4 Å². The number of rotatable bonds is 3. The second-order valence-corrected chi connectivity index (χ2v) is 5.87. The molecule has 122 valence electrons. The van der Waals surface area contributed by atoms with Crippen molar-refractivity contribution in [3.8, 4) is 0 Å². The second kappa shape index (κ2) is 6.42. The van der Waals surface area contributed by atoms with Crippen molar-refractivity contribution in [2.75, 3.05) is 26.2 Å². The summed E-state index contributed by atoms with van der Waals surface area (Å²) in [7, 11) is 0. The minimum atomic E-state index is -0.871. The number of carboxylic acids is 1. The molecule has 1 aromatic heterocycles. The number of nitrogens with one attached hydrogen (secondary N) is 2. The predicted molar refractivity (Wildman–Crippen MR) is 87.6 cm³/mol. The molecule has 6 nitrogen and oxygen atoms in total. The minimum absolute atomic E-state index is 0.118. The van der Waals surface area contributed by atoms with Crippen molar-refractivity contribution in [2.45, 2.75) is 13.3 Å². The van der Waals surface area contributed by atoms with Gasteiger partial charge in [0.25, 0.3) is 5.91 Å². The van der Waals surface area contributed by atoms with Gasteiger partial charge in [0.1, 0.15) is 5.69 Å². The Morgan fingerprint density at radius 1 is 1.35 bits per heavy atom. The molecule has 0 radical (unpaired) electrons. The van der Waals surface area contributed by atoms with Crippen LogP contribution in [0.3, 0.4) is 0 Å². The summed E-state index contributed by atoms with van der Waals surface area (Å²) in [4.78, 5) is 29.1. The molecule has 0 bridgehead atoms. The average Bonchev–Trinajstić information content (AvgIpc) is 2.74. The van der Waals surface area contributed by atoms with Gasteiger partial charge in [0.2, 0.25) is 0 Å². The summed E-state index contributed by atoms with van der Waals surface area (Å²) in [6.45, 7) is 3.78. The quantitative estimate of drug-likeness (QED) is 0.801. The molecule has 0 spiro atoms. The van der Waals surface area contributed by atoms with Crippen LogP contribution in [-0.2, 0) is 11.2 Å². The molecule has 6 heteroatoms. The summed E-state index contributed by atoms with van der Waals surface area (Å²) in [6.07, 6.45) is 0.750. The number of para-hydroxylation sites is 1. The van der Waals surface area contributed by atoms with Gasteiger partial charge in [-0.1, -0.05) is 25.1 Å². The van der Waals surface area contributed by atoms with Crippen molar-refractivity contribution in [3.63, 3.8) is 0 Å². The van der Waals surface area contributed by atoms with Crippen LogP contribution in [0.1, 0.15) is 23.0 Å². The lowest BCUT2D eigenvalue weighted by molar-refractivity contribution is -0.141. The van der Waals surface area contributed by atoms with Gasteiger partial charge in [0.05, 0.1) is 5.92 Å². The zero-order valence-corrected chi connectivity index (χ0v) is 13.1. The van der Waals surface area contributed by atoms with Gasteiger partial charge in [-0.05, 0) is 18.1 Å². The highest BCUT2D eigenvalue weighted by Crippen LogP contribution is 2.24. The Bertz CT molecular complexity index is 738. The van der Waals surface area contributed by atoms with E-state index in [-0.39, 0.29) is 12.5 Å². The Hall–Kier alpha value is -2.34. The number of carbonyl (C=O) groups excluding carboxylic acids is 1. The van der Waals surface area contributed by atoms with Crippen LogP contribution in [0.25, 0.3) is 10.9 Å². The van der Waals surface area contributed by atoms with E-state index < -0.39 is 11.9 Å². The normalized spacial score (nSPS) is 18.8. The number of H-pyrrole nitrogens is 1. The van der Waals surface area contributed by atoms with Crippen molar-refractivity contribution in [1.82, 2.24) is 15.2 Å². The van der Waals surface area contributed by atoms with Crippen molar-refractivity contribution >= 4 is 22.8 Å². The van der Waals surface area contributed by atoms with Crippen molar-refractivity contribution < 1.29 is 14.7 Å². The lowest BCUT2D eigenvalue weighted by Crippen LogP contribution is -2.38. The average molecular weight is 315 g/mol. The third-order valence-electron chi connectivity index (χ3n) is 4.41. The number of hydrogen-bond acceptors (Lipinski definition) is 3. The van der Waals surface area contributed by atoms with Gasteiger partial charge in [0, 0.05) is 37.1 Å². The predicted octanol–water partition coefficient (Wildman–Crippen LogP) is 1.48. The first kappa shape index (κ1) is 15.6. The Balaban J connectivity index is 1.94. The number of fused-ring (bicyclic) bond motifs is 1. The summed E-state index contributed by atoms with van der Waals surface area (Å²) in [5.74, 6) is -1.56. The maximum absolute atomic E-state index is 12.9. The number of hydrogen-bond donors (Lipinski definition) is 3. The number of aliphatic carboxylic acids is 1. The lowest BCUT2D eigenvalue weighted by atomic mass is 10.1. The third kappa shape index (κ3) is 2.94. The van der Waals surface area contributed by atoms with Crippen molar-refractivity contribution in [1.29, 1.82) is 0 Å². The van der Waals surface area contributed by atoms with E-state index in [0.717, 1.165) is 22.9 Å². The Labute approximate surface area is 134 Å². The molecule has 23 heavy (non-hydrogen) atoms. The highest BCUT2D eigenvalue weighted by molar-refractivity contribution is 6.01. The SMILES string of the molecule is CCc1c(C(=O)N2CCNCC(C(=O)O)C2)[nH]c2ccccc12. The van der Waals surface area contributed by atoms with Gasteiger partial charge in [-0.3, -0.25) is 9.59 Å². The monoisotopic (exact) mass is 315 g/mol. The van der Waals surface area contributed by atoms with Crippen LogP contribution in [0, 0.1) is 5.92 Å². The number of aryl methyl sites for hydroxylation is 1. The molecule has 1 amide bonds. The highest BCUT2D eigenvalue weighted by atomic mass is 16.4. The number of amides is 1. The molecular formula is C17H21N3O3. The fourth-order valence-corrected chi connectivity index (χ4v) is 3.17. The molecule has 3 N–H and O–H groups in total. The van der Waals surface area contributed by atoms with Crippen LogP contribution in [0.2, 0.25) is 0 Å². The molecule has 3 rings (SSSR count). The van der Waals surface area contributed by atoms with Gasteiger partial charge < -0.3 is 20.3 Å². The molecule has 1 atom stereocenters. The van der Waals surface area contributed by atoms with E-state index >= 15 is 0 Å². The van der Waals surface area contributed by atoms with Crippen LogP contribution in [-0.4, -0.2) is 53.0 Å². The van der Waals surface area contributed by atoms with Crippen LogP contribution in [0.15, 0.2) is 24.3 Å². The highest BCUT2D eigenvalue weighted by Gasteiger charge is 2.29. The number of carbonyl (C=O) groups is 2. The number of benzene rings is 1. The smallest absolute Gasteiger partial charge is 0.309 e. The molecule has 1 aliphatic rings. The molecule has 2 heterocycles. The van der Waals surface area contributed by atoms with E-state index in [2.05, 4.69) is 10.3 Å². The molecule has 1 fully saturated rings. The van der Waals surface area contributed by atoms with Gasteiger partial charge in [-0.15, -0.1) is 0 Å². The zero-order chi connectivity index (χ0) is 16.4. The van der Waals surface area contributed by atoms with Crippen LogP contribution >= 0.6 is 0 Å². The zero-order valence-electron chi connectivity index (χ0n) is 13.1. The van der Waals surface area contributed by atoms with Crippen LogP contribution in [0.5, 0.6) is 0 Å². The van der Waals surface area contributed by atoms with Gasteiger partial charge in [-0.2, -0.15) is 0 Å². The summed E-state index contributed by atoms with van der Waals surface area (Å²) in [5, 5.41) is 13.4. The maximum atomic E-state index is 12.9. The van der Waals surface area contributed by atoms with E-state index in [1.807, 2.05) is 31.2 Å². The molecule has 1 saturated heterocycles. The van der Waals surface area contributed by atoms with E-state index in [1.165, 1.54) is 0 Å². The van der Waals surface area contributed by atoms with E-state index in [4.69, 9.17) is 0 Å². The summed E-state index contributed by atoms with van der Waals surface area (Å²) < 4.78 is 0. The maximum Gasteiger partial charge on any atom is 0.309 e. The third-order valence-corrected chi connectivity index (χ3v) is 4.41. The van der Waals surface area contributed by atoms with Gasteiger partial charge in [-0.25, -0.2) is 0 Å². The largest absolute Gasteiger partial charge is 0.481 e. The molecule has 0 saturated carbocycles. The first-order chi connectivity index (χ1) is 11.1. The summed E-state index contributed by atoms with van der Waals surface area (Å²) in [6, 6.07) is 7.85. The van der Waals surface area contributed by atoms with Gasteiger partial charge in [0.15, 0.2) is 0 Å². The first-order valence-corrected chi connectivity index (χ1v) is 7.94. The lowest BCUT2D eigenvalue weighted by Gasteiger charge is -2.22. The number of aromatic nitrogens is 1. The fraction of sp³-hybridized carbons (Fsp3) is 0.412. The summed E-state index contributed by atoms with van der Waals surface area (Å²) >= 11 is 0. The summed E-state index contributed by atoms with van der Waals surface area (Å²) in [5.41, 5.74) is 2.52. The van der Waals surface area contributed by atoms with Crippen LogP contribution in [0.4, 0.5) is 0 Å². The molecular weight excluding hydrogens is 294 g/mol. The first-order valence-electron chi connectivity index (χ1n) is 7.94. The molecule has 2 aromatic rings. The van der Waals surface area contributed by atoms with E-state index in [1.54, 1.807) is 4.90 Å². The fourth-order valence-electron chi connectivity index (χ4n) is 3.17. The van der Waals surface area contributed by atoms with Gasteiger partial charge >= 0.3 is 5.97 Å². The second-order valence-electron chi connectivity index (χ2n) is 5.87.